The van der Waals surface area contributed by atoms with Crippen LogP contribution in [-0.4, -0.2) is 6.29 Å². The van der Waals surface area contributed by atoms with E-state index in [1.54, 1.807) is 0 Å². The quantitative estimate of drug-likeness (QED) is 0.596. The minimum Gasteiger partial charge on any atom is -0.301 e. The van der Waals surface area contributed by atoms with Crippen molar-refractivity contribution in [3.8, 4) is 0 Å². The molecule has 17 heavy (non-hydrogen) atoms. The zero-order chi connectivity index (χ0) is 12.6. The van der Waals surface area contributed by atoms with Crippen LogP contribution in [0, 0.1) is 13.8 Å². The molecule has 0 N–H and O–H groups in total. The van der Waals surface area contributed by atoms with E-state index in [1.807, 2.05) is 19.1 Å². The van der Waals surface area contributed by atoms with Gasteiger partial charge < -0.3 is 4.79 Å². The van der Waals surface area contributed by atoms with Crippen LogP contribution in [0.25, 0.3) is 10.8 Å². The Morgan fingerprint density at radius 1 is 1.24 bits per heavy atom. The lowest BCUT2D eigenvalue weighted by atomic mass is 9.88. The van der Waals surface area contributed by atoms with E-state index >= 15 is 0 Å². The average molecular weight is 291 g/mol. The zero-order valence-corrected chi connectivity index (χ0v) is 11.8. The first-order valence-corrected chi connectivity index (χ1v) is 6.41. The summed E-state index contributed by atoms with van der Waals surface area (Å²) in [5.41, 5.74) is 3.46. The van der Waals surface area contributed by atoms with Crippen molar-refractivity contribution in [2.24, 2.45) is 0 Å². The fraction of sp³-hybridized carbons (Fsp3) is 0.267. The number of rotatable bonds is 2. The third-order valence-corrected chi connectivity index (χ3v) is 3.86. The van der Waals surface area contributed by atoms with E-state index in [0.29, 0.717) is 0 Å². The summed E-state index contributed by atoms with van der Waals surface area (Å²) in [6.45, 7) is 6.05. The molecule has 0 saturated heterocycles. The standard InChI is InChI=1S/C15H15BrO/c1-10-8-12-6-4-5-7-13(12)14(11(10)2)15(3,16)9-17/h4-9H,1-3H3. The molecule has 1 unspecified atom stereocenters. The average Bonchev–Trinajstić information content (AvgIpc) is 2.30. The molecule has 0 bridgehead atoms. The molecule has 0 heterocycles. The van der Waals surface area contributed by atoms with Crippen molar-refractivity contribution < 1.29 is 4.79 Å². The first-order valence-electron chi connectivity index (χ1n) is 5.62. The minimum atomic E-state index is -0.622. The van der Waals surface area contributed by atoms with Crippen molar-refractivity contribution in [3.63, 3.8) is 0 Å². The van der Waals surface area contributed by atoms with E-state index < -0.39 is 4.32 Å². The highest BCUT2D eigenvalue weighted by molar-refractivity contribution is 9.10. The highest BCUT2D eigenvalue weighted by atomic mass is 79.9. The summed E-state index contributed by atoms with van der Waals surface area (Å²) < 4.78 is -0.622. The Hall–Kier alpha value is -1.15. The Morgan fingerprint density at radius 2 is 1.88 bits per heavy atom. The van der Waals surface area contributed by atoms with Crippen molar-refractivity contribution in [2.45, 2.75) is 25.1 Å². The highest BCUT2D eigenvalue weighted by Gasteiger charge is 2.26. The summed E-state index contributed by atoms with van der Waals surface area (Å²) in [5.74, 6) is 0. The molecule has 2 aromatic rings. The molecule has 0 spiro atoms. The first-order chi connectivity index (χ1) is 7.97. The number of hydrogen-bond acceptors (Lipinski definition) is 1. The molecule has 0 amide bonds. The second kappa shape index (κ2) is 4.26. The smallest absolute Gasteiger partial charge is 0.140 e. The van der Waals surface area contributed by atoms with Gasteiger partial charge in [-0.25, -0.2) is 0 Å². The van der Waals surface area contributed by atoms with Crippen LogP contribution < -0.4 is 0 Å². The summed E-state index contributed by atoms with van der Waals surface area (Å²) in [6, 6.07) is 10.4. The SMILES string of the molecule is Cc1cc2ccccc2c(C(C)(Br)C=O)c1C. The second-order valence-corrected chi connectivity index (χ2v) is 6.26. The molecule has 2 rings (SSSR count). The molecule has 2 aromatic carbocycles. The van der Waals surface area contributed by atoms with Gasteiger partial charge in [-0.3, -0.25) is 0 Å². The molecule has 0 saturated carbocycles. The number of halogens is 1. The van der Waals surface area contributed by atoms with Gasteiger partial charge in [0.25, 0.3) is 0 Å². The number of carbonyl (C=O) groups is 1. The van der Waals surface area contributed by atoms with Crippen molar-refractivity contribution in [2.75, 3.05) is 0 Å². The van der Waals surface area contributed by atoms with Gasteiger partial charge in [-0.15, -0.1) is 0 Å². The van der Waals surface area contributed by atoms with Crippen LogP contribution in [-0.2, 0) is 9.12 Å². The van der Waals surface area contributed by atoms with E-state index in [1.165, 1.54) is 16.5 Å². The molecule has 0 aliphatic rings. The summed E-state index contributed by atoms with van der Waals surface area (Å²) in [6.07, 6.45) is 0.960. The number of alkyl halides is 1. The third kappa shape index (κ3) is 2.02. The molecular formula is C15H15BrO. The minimum absolute atomic E-state index is 0.622. The monoisotopic (exact) mass is 290 g/mol. The lowest BCUT2D eigenvalue weighted by molar-refractivity contribution is -0.109. The maximum atomic E-state index is 11.3. The molecule has 88 valence electrons. The number of aryl methyl sites for hydroxylation is 1. The molecule has 0 aliphatic heterocycles. The van der Waals surface area contributed by atoms with Gasteiger partial charge in [-0.1, -0.05) is 46.3 Å². The van der Waals surface area contributed by atoms with Crippen molar-refractivity contribution in [1.82, 2.24) is 0 Å². The Labute approximate surface area is 110 Å². The van der Waals surface area contributed by atoms with E-state index in [9.17, 15) is 4.79 Å². The lowest BCUT2D eigenvalue weighted by Gasteiger charge is -2.22. The van der Waals surface area contributed by atoms with Gasteiger partial charge in [-0.05, 0) is 48.2 Å². The van der Waals surface area contributed by atoms with Crippen LogP contribution in [0.3, 0.4) is 0 Å². The molecule has 2 heteroatoms. The zero-order valence-electron chi connectivity index (χ0n) is 10.3. The Morgan fingerprint density at radius 3 is 2.53 bits per heavy atom. The van der Waals surface area contributed by atoms with Crippen molar-refractivity contribution >= 4 is 33.0 Å². The van der Waals surface area contributed by atoms with E-state index in [0.717, 1.165) is 17.2 Å². The van der Waals surface area contributed by atoms with Crippen molar-refractivity contribution in [3.05, 3.63) is 47.0 Å². The molecule has 0 aromatic heterocycles. The van der Waals surface area contributed by atoms with E-state index in [-0.39, 0.29) is 0 Å². The lowest BCUT2D eigenvalue weighted by Crippen LogP contribution is -2.17. The third-order valence-electron chi connectivity index (χ3n) is 3.28. The highest BCUT2D eigenvalue weighted by Crippen LogP contribution is 2.37. The van der Waals surface area contributed by atoms with Crippen LogP contribution in [0.5, 0.6) is 0 Å². The number of fused-ring (bicyclic) bond motifs is 1. The molecule has 1 nitrogen and oxygen atoms in total. The Balaban J connectivity index is 2.93. The van der Waals surface area contributed by atoms with Gasteiger partial charge in [0.05, 0.1) is 0 Å². The summed E-state index contributed by atoms with van der Waals surface area (Å²) in [4.78, 5) is 11.3. The topological polar surface area (TPSA) is 17.1 Å². The fourth-order valence-electron chi connectivity index (χ4n) is 2.28. The summed E-state index contributed by atoms with van der Waals surface area (Å²) in [7, 11) is 0. The summed E-state index contributed by atoms with van der Waals surface area (Å²) in [5, 5.41) is 2.32. The molecule has 0 radical (unpaired) electrons. The Kier molecular flexibility index (Phi) is 3.09. The van der Waals surface area contributed by atoms with Gasteiger partial charge in [0.1, 0.15) is 10.6 Å². The molecule has 1 atom stereocenters. The maximum absolute atomic E-state index is 11.3. The van der Waals surface area contributed by atoms with Crippen molar-refractivity contribution in [1.29, 1.82) is 0 Å². The summed E-state index contributed by atoms with van der Waals surface area (Å²) >= 11 is 3.53. The number of aldehydes is 1. The fourth-order valence-corrected chi connectivity index (χ4v) is 2.79. The first kappa shape index (κ1) is 12.3. The largest absolute Gasteiger partial charge is 0.301 e. The van der Waals surface area contributed by atoms with Gasteiger partial charge in [-0.2, -0.15) is 0 Å². The molecule has 0 aliphatic carbocycles. The number of carbonyl (C=O) groups excluding carboxylic acids is 1. The van der Waals surface area contributed by atoms with Gasteiger partial charge >= 0.3 is 0 Å². The van der Waals surface area contributed by atoms with Crippen LogP contribution in [0.15, 0.2) is 30.3 Å². The van der Waals surface area contributed by atoms with Crippen LogP contribution in [0.1, 0.15) is 23.6 Å². The second-order valence-electron chi connectivity index (χ2n) is 4.61. The van der Waals surface area contributed by atoms with Gasteiger partial charge in [0, 0.05) is 0 Å². The maximum Gasteiger partial charge on any atom is 0.140 e. The Bertz CT molecular complexity index is 585. The molecule has 0 fully saturated rings. The number of benzene rings is 2. The molecular weight excluding hydrogens is 276 g/mol. The van der Waals surface area contributed by atoms with E-state index in [4.69, 9.17) is 0 Å². The predicted molar refractivity (Wildman–Crippen MR) is 75.8 cm³/mol. The van der Waals surface area contributed by atoms with E-state index in [2.05, 4.69) is 48.0 Å². The van der Waals surface area contributed by atoms with Gasteiger partial charge in [0.15, 0.2) is 0 Å². The van der Waals surface area contributed by atoms with Gasteiger partial charge in [0.2, 0.25) is 0 Å². The van der Waals surface area contributed by atoms with Crippen LogP contribution >= 0.6 is 15.9 Å². The van der Waals surface area contributed by atoms with Crippen LogP contribution in [0.4, 0.5) is 0 Å². The normalized spacial score (nSPS) is 14.6. The number of hydrogen-bond donors (Lipinski definition) is 0. The predicted octanol–water partition coefficient (Wildman–Crippen LogP) is 4.27. The van der Waals surface area contributed by atoms with Crippen LogP contribution in [0.2, 0.25) is 0 Å².